The Bertz CT molecular complexity index is 956. The van der Waals surface area contributed by atoms with Crippen LogP contribution in [0.2, 0.25) is 0 Å². The third-order valence-corrected chi connectivity index (χ3v) is 5.44. The highest BCUT2D eigenvalue weighted by Crippen LogP contribution is 2.27. The maximum Gasteiger partial charge on any atom is 0.259 e. The predicted octanol–water partition coefficient (Wildman–Crippen LogP) is 3.35. The molecule has 1 fully saturated rings. The predicted molar refractivity (Wildman–Crippen MR) is 106 cm³/mol. The zero-order valence-corrected chi connectivity index (χ0v) is 15.9. The van der Waals surface area contributed by atoms with E-state index in [9.17, 15) is 4.79 Å². The van der Waals surface area contributed by atoms with Gasteiger partial charge in [0.2, 0.25) is 0 Å². The summed E-state index contributed by atoms with van der Waals surface area (Å²) in [6.45, 7) is 4.21. The molecular formula is C21H25N5O. The Morgan fingerprint density at radius 3 is 2.70 bits per heavy atom. The first-order valence-electron chi connectivity index (χ1n) is 9.58. The number of aryl methyl sites for hydroxylation is 1. The van der Waals surface area contributed by atoms with E-state index in [1.807, 2.05) is 47.0 Å². The fraction of sp³-hybridized carbons (Fsp3) is 0.381. The second-order valence-corrected chi connectivity index (χ2v) is 7.22. The maximum absolute atomic E-state index is 12.9. The van der Waals surface area contributed by atoms with Gasteiger partial charge < -0.3 is 10.2 Å². The fourth-order valence-electron chi connectivity index (χ4n) is 3.80. The summed E-state index contributed by atoms with van der Waals surface area (Å²) in [5.41, 5.74) is 3.14. The molecule has 0 spiro atoms. The molecule has 1 aliphatic heterocycles. The molecule has 0 atom stereocenters. The number of piperidine rings is 1. The van der Waals surface area contributed by atoms with Crippen molar-refractivity contribution in [1.82, 2.24) is 19.5 Å². The second kappa shape index (κ2) is 7.48. The van der Waals surface area contributed by atoms with Gasteiger partial charge in [-0.15, -0.1) is 10.2 Å². The summed E-state index contributed by atoms with van der Waals surface area (Å²) < 4.78 is 1.98. The molecule has 2 aromatic heterocycles. The van der Waals surface area contributed by atoms with Gasteiger partial charge in [-0.1, -0.05) is 25.1 Å². The number of pyridine rings is 1. The zero-order chi connectivity index (χ0) is 18.8. The summed E-state index contributed by atoms with van der Waals surface area (Å²) in [7, 11) is 2.15. The van der Waals surface area contributed by atoms with Gasteiger partial charge in [0, 0.05) is 17.8 Å². The van der Waals surface area contributed by atoms with Crippen LogP contribution in [0.25, 0.3) is 5.65 Å². The maximum atomic E-state index is 12.9. The van der Waals surface area contributed by atoms with E-state index in [4.69, 9.17) is 0 Å². The smallest absolute Gasteiger partial charge is 0.259 e. The minimum atomic E-state index is -0.149. The van der Waals surface area contributed by atoms with Crippen LogP contribution in [0, 0.1) is 0 Å². The molecule has 0 saturated carbocycles. The standard InChI is InChI=1S/C21H25N5O/c1-3-15-7-4-5-9-18(15)22-21(27)17-8-6-12-26-19(23-24-20(17)26)16-10-13-25(2)14-11-16/h4-9,12,16H,3,10-11,13-14H2,1-2H3,(H,22,27). The van der Waals surface area contributed by atoms with Crippen LogP contribution in [0.1, 0.15) is 47.4 Å². The summed E-state index contributed by atoms with van der Waals surface area (Å²) >= 11 is 0. The number of hydrogen-bond acceptors (Lipinski definition) is 4. The lowest BCUT2D eigenvalue weighted by Gasteiger charge is -2.27. The van der Waals surface area contributed by atoms with Crippen molar-refractivity contribution < 1.29 is 4.79 Å². The average molecular weight is 363 g/mol. The van der Waals surface area contributed by atoms with Crippen LogP contribution in [0.15, 0.2) is 42.6 Å². The Hall–Kier alpha value is -2.73. The topological polar surface area (TPSA) is 62.5 Å². The quantitative estimate of drug-likeness (QED) is 0.772. The van der Waals surface area contributed by atoms with Crippen LogP contribution >= 0.6 is 0 Å². The van der Waals surface area contributed by atoms with Gasteiger partial charge in [0.05, 0.1) is 5.56 Å². The molecule has 1 saturated heterocycles. The number of carbonyl (C=O) groups is 1. The molecule has 0 radical (unpaired) electrons. The van der Waals surface area contributed by atoms with Crippen molar-refractivity contribution in [2.24, 2.45) is 0 Å². The Morgan fingerprint density at radius 1 is 1.15 bits per heavy atom. The van der Waals surface area contributed by atoms with E-state index in [-0.39, 0.29) is 5.91 Å². The number of para-hydroxylation sites is 1. The van der Waals surface area contributed by atoms with E-state index in [1.165, 1.54) is 0 Å². The number of nitrogens with zero attached hydrogens (tertiary/aromatic N) is 4. The molecule has 0 bridgehead atoms. The number of hydrogen-bond donors (Lipinski definition) is 1. The number of likely N-dealkylation sites (tertiary alicyclic amines) is 1. The lowest BCUT2D eigenvalue weighted by molar-refractivity contribution is 0.102. The van der Waals surface area contributed by atoms with Gasteiger partial charge in [0.25, 0.3) is 5.91 Å². The Kier molecular flexibility index (Phi) is 4.90. The van der Waals surface area contributed by atoms with Crippen molar-refractivity contribution in [3.8, 4) is 0 Å². The number of amides is 1. The Morgan fingerprint density at radius 2 is 1.93 bits per heavy atom. The second-order valence-electron chi connectivity index (χ2n) is 7.22. The summed E-state index contributed by atoms with van der Waals surface area (Å²) in [5.74, 6) is 1.20. The number of nitrogens with one attached hydrogen (secondary N) is 1. The molecule has 27 heavy (non-hydrogen) atoms. The van der Waals surface area contributed by atoms with Crippen LogP contribution in [0.4, 0.5) is 5.69 Å². The zero-order valence-electron chi connectivity index (χ0n) is 15.9. The number of carbonyl (C=O) groups excluding carboxylic acids is 1. The highest BCUT2D eigenvalue weighted by Gasteiger charge is 2.24. The molecular weight excluding hydrogens is 338 g/mol. The molecule has 140 valence electrons. The van der Waals surface area contributed by atoms with Crippen molar-refractivity contribution in [2.45, 2.75) is 32.1 Å². The van der Waals surface area contributed by atoms with Crippen molar-refractivity contribution in [1.29, 1.82) is 0 Å². The summed E-state index contributed by atoms with van der Waals surface area (Å²) in [6.07, 6.45) is 4.96. The van der Waals surface area contributed by atoms with Gasteiger partial charge in [-0.25, -0.2) is 0 Å². The summed E-state index contributed by atoms with van der Waals surface area (Å²) in [5, 5.41) is 11.8. The minimum absolute atomic E-state index is 0.149. The van der Waals surface area contributed by atoms with Crippen LogP contribution in [0.3, 0.4) is 0 Å². The third kappa shape index (κ3) is 3.45. The molecule has 1 amide bonds. The van der Waals surface area contributed by atoms with E-state index in [2.05, 4.69) is 34.4 Å². The van der Waals surface area contributed by atoms with Crippen LogP contribution in [-0.2, 0) is 6.42 Å². The van der Waals surface area contributed by atoms with Gasteiger partial charge >= 0.3 is 0 Å². The van der Waals surface area contributed by atoms with Gasteiger partial charge in [-0.05, 0) is 63.2 Å². The van der Waals surface area contributed by atoms with E-state index in [1.54, 1.807) is 0 Å². The highest BCUT2D eigenvalue weighted by molar-refractivity contribution is 6.08. The van der Waals surface area contributed by atoms with Crippen LogP contribution in [0.5, 0.6) is 0 Å². The van der Waals surface area contributed by atoms with E-state index >= 15 is 0 Å². The lowest BCUT2D eigenvalue weighted by Crippen LogP contribution is -2.30. The molecule has 6 nitrogen and oxygen atoms in total. The monoisotopic (exact) mass is 363 g/mol. The molecule has 0 aliphatic carbocycles. The van der Waals surface area contributed by atoms with Crippen LogP contribution < -0.4 is 5.32 Å². The first-order valence-corrected chi connectivity index (χ1v) is 9.58. The normalized spacial score (nSPS) is 15.9. The SMILES string of the molecule is CCc1ccccc1NC(=O)c1cccn2c(C3CCN(C)CC3)nnc12. The molecule has 1 N–H and O–H groups in total. The van der Waals surface area contributed by atoms with E-state index < -0.39 is 0 Å². The van der Waals surface area contributed by atoms with Gasteiger partial charge in [0.15, 0.2) is 5.65 Å². The van der Waals surface area contributed by atoms with Crippen molar-refractivity contribution in [3.05, 3.63) is 59.5 Å². The van der Waals surface area contributed by atoms with E-state index in [0.29, 0.717) is 17.1 Å². The number of rotatable bonds is 4. The molecule has 3 aromatic rings. The van der Waals surface area contributed by atoms with Gasteiger partial charge in [-0.2, -0.15) is 0 Å². The van der Waals surface area contributed by atoms with Crippen molar-refractivity contribution in [3.63, 3.8) is 0 Å². The molecule has 1 aromatic carbocycles. The fourth-order valence-corrected chi connectivity index (χ4v) is 3.80. The first-order chi connectivity index (χ1) is 13.2. The third-order valence-electron chi connectivity index (χ3n) is 5.44. The molecule has 4 rings (SSSR count). The number of aromatic nitrogens is 3. The highest BCUT2D eigenvalue weighted by atomic mass is 16.1. The number of fused-ring (bicyclic) bond motifs is 1. The van der Waals surface area contributed by atoms with E-state index in [0.717, 1.165) is 49.4 Å². The average Bonchev–Trinajstić information content (AvgIpc) is 3.13. The summed E-state index contributed by atoms with van der Waals surface area (Å²) in [4.78, 5) is 15.3. The first kappa shape index (κ1) is 17.7. The molecule has 0 unspecified atom stereocenters. The number of anilines is 1. The molecule has 1 aliphatic rings. The van der Waals surface area contributed by atoms with Crippen molar-refractivity contribution in [2.75, 3.05) is 25.5 Å². The number of benzene rings is 1. The van der Waals surface area contributed by atoms with Gasteiger partial charge in [-0.3, -0.25) is 9.20 Å². The molecule has 6 heteroatoms. The van der Waals surface area contributed by atoms with Crippen LogP contribution in [-0.4, -0.2) is 45.5 Å². The Balaban J connectivity index is 1.64. The van der Waals surface area contributed by atoms with Crippen molar-refractivity contribution >= 4 is 17.2 Å². The molecule has 3 heterocycles. The largest absolute Gasteiger partial charge is 0.322 e. The summed E-state index contributed by atoms with van der Waals surface area (Å²) in [6, 6.07) is 11.6. The Labute approximate surface area is 159 Å². The minimum Gasteiger partial charge on any atom is -0.322 e. The van der Waals surface area contributed by atoms with Gasteiger partial charge in [0.1, 0.15) is 5.82 Å². The lowest BCUT2D eigenvalue weighted by atomic mass is 9.96.